The summed E-state index contributed by atoms with van der Waals surface area (Å²) in [5.74, 6) is 1.29. The van der Waals surface area contributed by atoms with Crippen molar-refractivity contribution in [2.45, 2.75) is 32.0 Å². The largest absolute Gasteiger partial charge is 0.493 e. The van der Waals surface area contributed by atoms with Gasteiger partial charge in [0.15, 0.2) is 0 Å². The molecule has 1 aliphatic heterocycles. The van der Waals surface area contributed by atoms with E-state index in [4.69, 9.17) is 9.47 Å². The van der Waals surface area contributed by atoms with Gasteiger partial charge in [0.05, 0.1) is 19.3 Å². The topological polar surface area (TPSA) is 30.5 Å². The molecular formula is C30H31NO2. The summed E-state index contributed by atoms with van der Waals surface area (Å²) >= 11 is 0. The van der Waals surface area contributed by atoms with Gasteiger partial charge in [-0.15, -0.1) is 0 Å². The Labute approximate surface area is 196 Å². The molecule has 3 nitrogen and oxygen atoms in total. The quantitative estimate of drug-likeness (QED) is 0.355. The molecule has 1 aliphatic rings. The number of piperidine rings is 1. The maximum absolute atomic E-state index is 6.55. The molecule has 2 unspecified atom stereocenters. The van der Waals surface area contributed by atoms with Crippen molar-refractivity contribution in [2.24, 2.45) is 0 Å². The van der Waals surface area contributed by atoms with Crippen molar-refractivity contribution in [3.05, 3.63) is 102 Å². The van der Waals surface area contributed by atoms with E-state index in [1.54, 1.807) is 0 Å². The van der Waals surface area contributed by atoms with Crippen molar-refractivity contribution < 1.29 is 9.47 Å². The minimum absolute atomic E-state index is 0.0930. The minimum Gasteiger partial charge on any atom is -0.493 e. The van der Waals surface area contributed by atoms with Crippen LogP contribution in [0.15, 0.2) is 91.0 Å². The lowest BCUT2D eigenvalue weighted by Gasteiger charge is -2.34. The molecule has 168 valence electrons. The standard InChI is InChI=1S/C30H31NO2/c1-2-32-30-26(24-10-4-3-5-11-24)13-8-14-28(30)27-17-18-31-20-29(27)33-21-22-15-16-23-9-6-7-12-25(23)19-22/h3-16,19,27,29,31H,2,17-18,20-21H2,1H3. The summed E-state index contributed by atoms with van der Waals surface area (Å²) in [5.41, 5.74) is 4.80. The van der Waals surface area contributed by atoms with Gasteiger partial charge in [0.25, 0.3) is 0 Å². The van der Waals surface area contributed by atoms with Crippen molar-refractivity contribution in [3.8, 4) is 16.9 Å². The molecular weight excluding hydrogens is 406 g/mol. The monoisotopic (exact) mass is 437 g/mol. The third kappa shape index (κ3) is 4.80. The van der Waals surface area contributed by atoms with E-state index in [0.717, 1.165) is 30.8 Å². The molecule has 0 saturated carbocycles. The number of nitrogens with one attached hydrogen (secondary N) is 1. The number of para-hydroxylation sites is 1. The molecule has 0 amide bonds. The lowest BCUT2D eigenvalue weighted by Crippen LogP contribution is -2.41. The normalized spacial score (nSPS) is 18.3. The van der Waals surface area contributed by atoms with E-state index in [2.05, 4.69) is 103 Å². The molecule has 0 aliphatic carbocycles. The second kappa shape index (κ2) is 10.2. The van der Waals surface area contributed by atoms with E-state index >= 15 is 0 Å². The fourth-order valence-electron chi connectivity index (χ4n) is 4.89. The van der Waals surface area contributed by atoms with Crippen LogP contribution in [-0.4, -0.2) is 25.8 Å². The molecule has 0 spiro atoms. The van der Waals surface area contributed by atoms with Crippen LogP contribution in [0.1, 0.15) is 30.4 Å². The molecule has 1 N–H and O–H groups in total. The molecule has 1 fully saturated rings. The molecule has 1 heterocycles. The second-order valence-electron chi connectivity index (χ2n) is 8.65. The number of fused-ring (bicyclic) bond motifs is 1. The second-order valence-corrected chi connectivity index (χ2v) is 8.65. The van der Waals surface area contributed by atoms with Gasteiger partial charge in [0, 0.05) is 23.6 Å². The van der Waals surface area contributed by atoms with Crippen LogP contribution >= 0.6 is 0 Å². The summed E-state index contributed by atoms with van der Waals surface area (Å²) in [7, 11) is 0. The molecule has 0 radical (unpaired) electrons. The lowest BCUT2D eigenvalue weighted by molar-refractivity contribution is 0.0101. The van der Waals surface area contributed by atoms with E-state index in [9.17, 15) is 0 Å². The zero-order valence-electron chi connectivity index (χ0n) is 19.2. The molecule has 1 saturated heterocycles. The fraction of sp³-hybridized carbons (Fsp3) is 0.267. The van der Waals surface area contributed by atoms with Crippen LogP contribution in [0.4, 0.5) is 0 Å². The first-order valence-corrected chi connectivity index (χ1v) is 11.9. The number of hydrogen-bond donors (Lipinski definition) is 1. The van der Waals surface area contributed by atoms with Gasteiger partial charge in [-0.1, -0.05) is 84.9 Å². The Bertz CT molecular complexity index is 1200. The highest BCUT2D eigenvalue weighted by molar-refractivity contribution is 5.83. The third-order valence-electron chi connectivity index (χ3n) is 6.52. The van der Waals surface area contributed by atoms with Gasteiger partial charge >= 0.3 is 0 Å². The number of ether oxygens (including phenoxy) is 2. The molecule has 5 rings (SSSR count). The molecule has 3 heteroatoms. The zero-order chi connectivity index (χ0) is 22.5. The molecule has 0 aromatic heterocycles. The van der Waals surface area contributed by atoms with E-state index in [0.29, 0.717) is 13.2 Å². The highest BCUT2D eigenvalue weighted by atomic mass is 16.5. The summed E-state index contributed by atoms with van der Waals surface area (Å²) in [6, 6.07) is 32.1. The first-order valence-electron chi connectivity index (χ1n) is 11.9. The van der Waals surface area contributed by atoms with Crippen LogP contribution in [0.2, 0.25) is 0 Å². The van der Waals surface area contributed by atoms with Crippen LogP contribution < -0.4 is 10.1 Å². The van der Waals surface area contributed by atoms with Crippen molar-refractivity contribution >= 4 is 10.8 Å². The number of rotatable bonds is 7. The summed E-state index contributed by atoms with van der Waals surface area (Å²) in [5, 5.41) is 6.05. The van der Waals surface area contributed by atoms with Crippen molar-refractivity contribution in [1.82, 2.24) is 5.32 Å². The van der Waals surface area contributed by atoms with Gasteiger partial charge in [-0.2, -0.15) is 0 Å². The maximum atomic E-state index is 6.55. The Hall–Kier alpha value is -3.14. The van der Waals surface area contributed by atoms with Crippen molar-refractivity contribution in [2.75, 3.05) is 19.7 Å². The Morgan fingerprint density at radius 3 is 2.52 bits per heavy atom. The van der Waals surface area contributed by atoms with Crippen molar-refractivity contribution in [1.29, 1.82) is 0 Å². The number of benzene rings is 4. The number of hydrogen-bond acceptors (Lipinski definition) is 3. The smallest absolute Gasteiger partial charge is 0.130 e. The fourth-order valence-corrected chi connectivity index (χ4v) is 4.89. The first kappa shape index (κ1) is 21.7. The summed E-state index contributed by atoms with van der Waals surface area (Å²) < 4.78 is 12.8. The predicted octanol–water partition coefficient (Wildman–Crippen LogP) is 6.57. The molecule has 33 heavy (non-hydrogen) atoms. The molecule has 4 aromatic rings. The Morgan fingerprint density at radius 2 is 1.67 bits per heavy atom. The van der Waals surface area contributed by atoms with Crippen LogP contribution in [0.25, 0.3) is 21.9 Å². The average Bonchev–Trinajstić information content (AvgIpc) is 2.88. The van der Waals surface area contributed by atoms with E-state index < -0.39 is 0 Å². The van der Waals surface area contributed by atoms with Gasteiger partial charge in [0.1, 0.15) is 5.75 Å². The molecule has 0 bridgehead atoms. The van der Waals surface area contributed by atoms with Gasteiger partial charge in [-0.3, -0.25) is 0 Å². The maximum Gasteiger partial charge on any atom is 0.130 e. The Kier molecular flexibility index (Phi) is 6.71. The lowest BCUT2D eigenvalue weighted by atomic mass is 9.85. The van der Waals surface area contributed by atoms with Crippen LogP contribution in [0, 0.1) is 0 Å². The average molecular weight is 438 g/mol. The van der Waals surface area contributed by atoms with E-state index in [-0.39, 0.29) is 12.0 Å². The minimum atomic E-state index is 0.0930. The SMILES string of the molecule is CCOc1c(-c2ccccc2)cccc1C1CCNCC1OCc1ccc2ccccc2c1. The van der Waals surface area contributed by atoms with Crippen molar-refractivity contribution in [3.63, 3.8) is 0 Å². The van der Waals surface area contributed by atoms with Gasteiger partial charge in [-0.05, 0) is 47.9 Å². The highest BCUT2D eigenvalue weighted by Gasteiger charge is 2.30. The molecule has 2 atom stereocenters. The zero-order valence-corrected chi connectivity index (χ0v) is 19.2. The highest BCUT2D eigenvalue weighted by Crippen LogP contribution is 2.40. The predicted molar refractivity (Wildman–Crippen MR) is 136 cm³/mol. The van der Waals surface area contributed by atoms with Gasteiger partial charge < -0.3 is 14.8 Å². The summed E-state index contributed by atoms with van der Waals surface area (Å²) in [6.45, 7) is 5.14. The first-order chi connectivity index (χ1) is 16.3. The summed E-state index contributed by atoms with van der Waals surface area (Å²) in [4.78, 5) is 0. The van der Waals surface area contributed by atoms with Crippen LogP contribution in [0.3, 0.4) is 0 Å². The molecule has 4 aromatic carbocycles. The van der Waals surface area contributed by atoms with Gasteiger partial charge in [0.2, 0.25) is 0 Å². The Morgan fingerprint density at radius 1 is 0.848 bits per heavy atom. The third-order valence-corrected chi connectivity index (χ3v) is 6.52. The van der Waals surface area contributed by atoms with Crippen LogP contribution in [0.5, 0.6) is 5.75 Å². The summed E-state index contributed by atoms with van der Waals surface area (Å²) in [6.07, 6.45) is 1.12. The Balaban J connectivity index is 1.42. The van der Waals surface area contributed by atoms with E-state index in [1.807, 2.05) is 0 Å². The van der Waals surface area contributed by atoms with Gasteiger partial charge in [-0.25, -0.2) is 0 Å². The van der Waals surface area contributed by atoms with E-state index in [1.165, 1.54) is 27.5 Å². The van der Waals surface area contributed by atoms with Crippen LogP contribution in [-0.2, 0) is 11.3 Å².